The summed E-state index contributed by atoms with van der Waals surface area (Å²) in [5.41, 5.74) is 2.36. The van der Waals surface area contributed by atoms with Gasteiger partial charge in [0, 0.05) is 33.7 Å². The Morgan fingerprint density at radius 2 is 2.04 bits per heavy atom. The second-order valence-corrected chi connectivity index (χ2v) is 8.29. The van der Waals surface area contributed by atoms with Crippen LogP contribution in [0.5, 0.6) is 0 Å². The summed E-state index contributed by atoms with van der Waals surface area (Å²) >= 11 is 9.61. The first-order valence-corrected chi connectivity index (χ1v) is 10.3. The van der Waals surface area contributed by atoms with Gasteiger partial charge in [0.25, 0.3) is 5.91 Å². The summed E-state index contributed by atoms with van der Waals surface area (Å²) in [4.78, 5) is 19.4. The van der Waals surface area contributed by atoms with Gasteiger partial charge in [0.15, 0.2) is 0 Å². The van der Waals surface area contributed by atoms with E-state index in [9.17, 15) is 4.79 Å². The third-order valence-electron chi connectivity index (χ3n) is 5.10. The number of hydrogen-bond acceptors (Lipinski definition) is 4. The number of aromatic nitrogens is 2. The number of carbonyl (C=O) groups is 1. The fraction of sp³-hybridized carbons (Fsp3) is 0.286. The zero-order valence-corrected chi connectivity index (χ0v) is 17.7. The molecular formula is C21H19BrClN3O2. The quantitative estimate of drug-likeness (QED) is 0.519. The van der Waals surface area contributed by atoms with Crippen LogP contribution in [0.25, 0.3) is 11.4 Å². The first-order chi connectivity index (χ1) is 13.5. The molecule has 7 heteroatoms. The number of piperidine rings is 1. The molecule has 0 radical (unpaired) electrons. The van der Waals surface area contributed by atoms with E-state index in [1.807, 2.05) is 48.2 Å². The minimum Gasteiger partial charge on any atom is -0.339 e. The molecule has 0 saturated carbocycles. The van der Waals surface area contributed by atoms with Crippen molar-refractivity contribution < 1.29 is 9.32 Å². The largest absolute Gasteiger partial charge is 0.339 e. The Balaban J connectivity index is 1.52. The minimum absolute atomic E-state index is 0.00246. The molecule has 1 fully saturated rings. The third-order valence-corrected chi connectivity index (χ3v) is 6.04. The van der Waals surface area contributed by atoms with Gasteiger partial charge in [-0.3, -0.25) is 4.79 Å². The minimum atomic E-state index is -0.00246. The van der Waals surface area contributed by atoms with E-state index in [1.54, 1.807) is 6.07 Å². The average Bonchev–Trinajstić information content (AvgIpc) is 3.20. The number of nitrogens with zero attached hydrogens (tertiary/aromatic N) is 3. The molecular weight excluding hydrogens is 442 g/mol. The molecule has 1 amide bonds. The monoisotopic (exact) mass is 459 g/mol. The molecule has 2 heterocycles. The lowest BCUT2D eigenvalue weighted by Crippen LogP contribution is -2.39. The summed E-state index contributed by atoms with van der Waals surface area (Å²) in [7, 11) is 0. The van der Waals surface area contributed by atoms with Crippen molar-refractivity contribution in [3.05, 3.63) is 69.0 Å². The van der Waals surface area contributed by atoms with Gasteiger partial charge in [-0.15, -0.1) is 0 Å². The smallest absolute Gasteiger partial charge is 0.254 e. The van der Waals surface area contributed by atoms with Crippen LogP contribution in [0.15, 0.2) is 51.5 Å². The number of benzene rings is 2. The first-order valence-electron chi connectivity index (χ1n) is 9.17. The fourth-order valence-corrected chi connectivity index (χ4v) is 3.93. The van der Waals surface area contributed by atoms with E-state index >= 15 is 0 Å². The van der Waals surface area contributed by atoms with Gasteiger partial charge < -0.3 is 9.42 Å². The fourth-order valence-electron chi connectivity index (χ4n) is 3.49. The van der Waals surface area contributed by atoms with E-state index < -0.39 is 0 Å². The highest BCUT2D eigenvalue weighted by atomic mass is 79.9. The predicted octanol–water partition coefficient (Wildman–Crippen LogP) is 5.48. The lowest BCUT2D eigenvalue weighted by molar-refractivity contribution is 0.0695. The highest BCUT2D eigenvalue weighted by Crippen LogP contribution is 2.29. The van der Waals surface area contributed by atoms with Gasteiger partial charge in [-0.1, -0.05) is 38.8 Å². The van der Waals surface area contributed by atoms with Gasteiger partial charge >= 0.3 is 0 Å². The Morgan fingerprint density at radius 3 is 2.82 bits per heavy atom. The molecule has 0 unspecified atom stereocenters. The lowest BCUT2D eigenvalue weighted by Gasteiger charge is -2.31. The van der Waals surface area contributed by atoms with Crippen molar-refractivity contribution in [1.29, 1.82) is 0 Å². The van der Waals surface area contributed by atoms with Gasteiger partial charge in [0.2, 0.25) is 11.7 Å². The van der Waals surface area contributed by atoms with E-state index in [-0.39, 0.29) is 11.8 Å². The van der Waals surface area contributed by atoms with Gasteiger partial charge in [-0.2, -0.15) is 4.98 Å². The molecule has 2 aromatic carbocycles. The highest BCUT2D eigenvalue weighted by Gasteiger charge is 2.30. The highest BCUT2D eigenvalue weighted by molar-refractivity contribution is 9.10. The molecule has 1 atom stereocenters. The number of likely N-dealkylation sites (tertiary alicyclic amines) is 1. The van der Waals surface area contributed by atoms with Gasteiger partial charge in [-0.25, -0.2) is 0 Å². The lowest BCUT2D eigenvalue weighted by atomic mass is 9.96. The number of halogens is 2. The average molecular weight is 461 g/mol. The number of amides is 1. The first kappa shape index (κ1) is 19.2. The van der Waals surface area contributed by atoms with Crippen molar-refractivity contribution >= 4 is 33.4 Å². The van der Waals surface area contributed by atoms with Crippen molar-refractivity contribution in [3.8, 4) is 11.4 Å². The van der Waals surface area contributed by atoms with Gasteiger partial charge in [0.05, 0.1) is 5.92 Å². The molecule has 0 bridgehead atoms. The molecule has 1 saturated heterocycles. The Kier molecular flexibility index (Phi) is 5.51. The van der Waals surface area contributed by atoms with Crippen molar-refractivity contribution in [2.24, 2.45) is 0 Å². The van der Waals surface area contributed by atoms with Crippen LogP contribution in [0.2, 0.25) is 5.02 Å². The molecule has 0 N–H and O–H groups in total. The summed E-state index contributed by atoms with van der Waals surface area (Å²) in [6.45, 7) is 3.15. The molecule has 28 heavy (non-hydrogen) atoms. The number of hydrogen-bond donors (Lipinski definition) is 0. The molecule has 1 aliphatic heterocycles. The molecule has 0 spiro atoms. The van der Waals surface area contributed by atoms with Crippen LogP contribution in [0.4, 0.5) is 0 Å². The number of carbonyl (C=O) groups excluding carboxylic acids is 1. The Bertz CT molecular complexity index is 1000. The summed E-state index contributed by atoms with van der Waals surface area (Å²) in [6, 6.07) is 13.2. The molecule has 1 aliphatic rings. The van der Waals surface area contributed by atoms with Gasteiger partial charge in [-0.05, 0) is 61.7 Å². The van der Waals surface area contributed by atoms with Crippen LogP contribution in [0.3, 0.4) is 0 Å². The maximum Gasteiger partial charge on any atom is 0.254 e. The van der Waals surface area contributed by atoms with Crippen LogP contribution >= 0.6 is 27.5 Å². The van der Waals surface area contributed by atoms with Crippen LogP contribution in [-0.2, 0) is 0 Å². The second kappa shape index (κ2) is 8.05. The van der Waals surface area contributed by atoms with Crippen molar-refractivity contribution in [1.82, 2.24) is 15.0 Å². The Hall–Kier alpha value is -2.18. The van der Waals surface area contributed by atoms with Crippen molar-refractivity contribution in [2.45, 2.75) is 25.7 Å². The summed E-state index contributed by atoms with van der Waals surface area (Å²) in [5.74, 6) is 1.18. The normalized spacial score (nSPS) is 17.0. The van der Waals surface area contributed by atoms with Crippen molar-refractivity contribution in [3.63, 3.8) is 0 Å². The molecule has 0 aliphatic carbocycles. The van der Waals surface area contributed by atoms with Crippen LogP contribution < -0.4 is 0 Å². The SMILES string of the molecule is Cc1c(Cl)cccc1C(=O)N1CCC[C@H](c2nc(-c3ccc(Br)cc3)no2)C1. The van der Waals surface area contributed by atoms with Crippen molar-refractivity contribution in [2.75, 3.05) is 13.1 Å². The maximum atomic E-state index is 13.0. The topological polar surface area (TPSA) is 59.2 Å². The van der Waals surface area contributed by atoms with E-state index in [0.29, 0.717) is 28.8 Å². The van der Waals surface area contributed by atoms with E-state index in [0.717, 1.165) is 35.0 Å². The Morgan fingerprint density at radius 1 is 1.25 bits per heavy atom. The maximum absolute atomic E-state index is 13.0. The van der Waals surface area contributed by atoms with E-state index in [2.05, 4.69) is 26.1 Å². The van der Waals surface area contributed by atoms with Gasteiger partial charge in [0.1, 0.15) is 0 Å². The molecule has 1 aromatic heterocycles. The van der Waals surface area contributed by atoms with Crippen LogP contribution in [0, 0.1) is 6.92 Å². The van der Waals surface area contributed by atoms with Crippen LogP contribution in [-0.4, -0.2) is 34.0 Å². The second-order valence-electron chi connectivity index (χ2n) is 6.97. The summed E-state index contributed by atoms with van der Waals surface area (Å²) < 4.78 is 6.53. The Labute approximate surface area is 176 Å². The summed E-state index contributed by atoms with van der Waals surface area (Å²) in [5, 5.41) is 4.73. The molecule has 3 aromatic rings. The van der Waals surface area contributed by atoms with Crippen LogP contribution in [0.1, 0.15) is 40.6 Å². The van der Waals surface area contributed by atoms with E-state index in [1.165, 1.54) is 0 Å². The van der Waals surface area contributed by atoms with E-state index in [4.69, 9.17) is 16.1 Å². The standard InChI is InChI=1S/C21H19BrClN3O2/c1-13-17(5-2-6-18(13)23)21(27)26-11-3-4-15(12-26)20-24-19(25-28-20)14-7-9-16(22)10-8-14/h2,5-10,15H,3-4,11-12H2,1H3/t15-/m0/s1. The predicted molar refractivity (Wildman–Crippen MR) is 112 cm³/mol. The number of rotatable bonds is 3. The summed E-state index contributed by atoms with van der Waals surface area (Å²) in [6.07, 6.45) is 1.81. The molecule has 144 valence electrons. The molecule has 5 nitrogen and oxygen atoms in total. The zero-order chi connectivity index (χ0) is 19.7. The third kappa shape index (κ3) is 3.84. The zero-order valence-electron chi connectivity index (χ0n) is 15.4. The molecule has 4 rings (SSSR count).